The van der Waals surface area contributed by atoms with E-state index in [2.05, 4.69) is 0 Å². The molecule has 0 aromatic heterocycles. The molecule has 1 aromatic rings. The number of benzene rings is 1. The lowest BCUT2D eigenvalue weighted by Gasteiger charge is -2.40. The Morgan fingerprint density at radius 1 is 1.24 bits per heavy atom. The van der Waals surface area contributed by atoms with Crippen molar-refractivity contribution in [1.82, 2.24) is 4.90 Å². The summed E-state index contributed by atoms with van der Waals surface area (Å²) >= 11 is 0. The zero-order valence-electron chi connectivity index (χ0n) is 19.1. The second kappa shape index (κ2) is 9.72. The predicted molar refractivity (Wildman–Crippen MR) is 117 cm³/mol. The topological polar surface area (TPSA) is 128 Å². The third kappa shape index (κ3) is 4.91. The first kappa shape index (κ1) is 24.4. The number of hydrogen-bond acceptors (Lipinski definition) is 8. The fourth-order valence-electron chi connectivity index (χ4n) is 4.24. The molecule has 10 heteroatoms. The molecule has 3 rings (SSSR count). The van der Waals surface area contributed by atoms with Crippen molar-refractivity contribution in [2.24, 2.45) is 0 Å². The normalized spacial score (nSPS) is 20.2. The number of nitro benzene ring substituents is 1. The van der Waals surface area contributed by atoms with Crippen molar-refractivity contribution in [3.05, 3.63) is 62.5 Å². The van der Waals surface area contributed by atoms with E-state index >= 15 is 0 Å². The first-order valence-electron chi connectivity index (χ1n) is 10.7. The average Bonchev–Trinajstić information content (AvgIpc) is 3.20. The summed E-state index contributed by atoms with van der Waals surface area (Å²) < 4.78 is 16.8. The summed E-state index contributed by atoms with van der Waals surface area (Å²) in [5.74, 6) is -3.93. The second-order valence-corrected chi connectivity index (χ2v) is 8.14. The summed E-state index contributed by atoms with van der Waals surface area (Å²) in [6.45, 7) is 8.08. The molecule has 1 aromatic carbocycles. The molecule has 0 spiro atoms. The van der Waals surface area contributed by atoms with Gasteiger partial charge in [-0.3, -0.25) is 10.1 Å². The first-order valence-corrected chi connectivity index (χ1v) is 10.7. The Bertz CT molecular complexity index is 1020. The van der Waals surface area contributed by atoms with Crippen molar-refractivity contribution < 1.29 is 33.8 Å². The summed E-state index contributed by atoms with van der Waals surface area (Å²) in [7, 11) is 0. The van der Waals surface area contributed by atoms with Crippen molar-refractivity contribution in [2.75, 3.05) is 26.4 Å². The Kier molecular flexibility index (Phi) is 7.19. The van der Waals surface area contributed by atoms with E-state index in [0.29, 0.717) is 36.6 Å². The fraction of sp³-hybridized carbons (Fsp3) is 0.478. The molecule has 1 fully saturated rings. The van der Waals surface area contributed by atoms with Crippen molar-refractivity contribution in [1.29, 1.82) is 0 Å². The van der Waals surface area contributed by atoms with E-state index in [-0.39, 0.29) is 30.0 Å². The fourth-order valence-corrected chi connectivity index (χ4v) is 4.24. The third-order valence-electron chi connectivity index (χ3n) is 5.81. The highest BCUT2D eigenvalue weighted by Crippen LogP contribution is 2.44. The molecule has 0 radical (unpaired) electrons. The summed E-state index contributed by atoms with van der Waals surface area (Å²) in [5, 5.41) is 21.5. The van der Waals surface area contributed by atoms with E-state index in [9.17, 15) is 24.8 Å². The minimum absolute atomic E-state index is 0.0638. The quantitative estimate of drug-likeness (QED) is 0.353. The summed E-state index contributed by atoms with van der Waals surface area (Å²) in [5.41, 5.74) is 1.05. The Morgan fingerprint density at radius 3 is 2.45 bits per heavy atom. The molecule has 0 amide bonds. The van der Waals surface area contributed by atoms with E-state index in [0.717, 1.165) is 0 Å². The van der Waals surface area contributed by atoms with Gasteiger partial charge >= 0.3 is 11.9 Å². The highest BCUT2D eigenvalue weighted by Gasteiger charge is 2.43. The van der Waals surface area contributed by atoms with E-state index in [4.69, 9.17) is 14.2 Å². The van der Waals surface area contributed by atoms with Crippen molar-refractivity contribution in [2.45, 2.75) is 45.8 Å². The van der Waals surface area contributed by atoms with Crippen LogP contribution in [0.25, 0.3) is 0 Å². The number of carboxylic acids is 1. The summed E-state index contributed by atoms with van der Waals surface area (Å²) in [4.78, 5) is 38.1. The molecule has 33 heavy (non-hydrogen) atoms. The number of allylic oxidation sites excluding steroid dienone is 2. The SMILES string of the molecule is CCCOC(=O)C1=C(C)N(CC2(C)OCCO2)C(C)=C(C(=O)O)C1c1cccc([N+](=O)[O-])c1. The maximum atomic E-state index is 13.2. The Hall–Kier alpha value is -3.24. The van der Waals surface area contributed by atoms with Crippen LogP contribution in [-0.4, -0.2) is 59.0 Å². The van der Waals surface area contributed by atoms with Crippen LogP contribution in [0.3, 0.4) is 0 Å². The first-order chi connectivity index (χ1) is 15.6. The van der Waals surface area contributed by atoms with Gasteiger partial charge in [0.05, 0.1) is 48.4 Å². The van der Waals surface area contributed by atoms with Crippen LogP contribution in [0.5, 0.6) is 0 Å². The maximum Gasteiger partial charge on any atom is 0.336 e. The molecule has 1 unspecified atom stereocenters. The molecule has 2 heterocycles. The van der Waals surface area contributed by atoms with Gasteiger partial charge in [0, 0.05) is 23.5 Å². The average molecular weight is 460 g/mol. The van der Waals surface area contributed by atoms with E-state index < -0.39 is 28.6 Å². The monoisotopic (exact) mass is 460 g/mol. The van der Waals surface area contributed by atoms with E-state index in [1.54, 1.807) is 31.7 Å². The van der Waals surface area contributed by atoms with Gasteiger partial charge in [-0.2, -0.15) is 0 Å². The number of nitrogens with zero attached hydrogens (tertiary/aromatic N) is 2. The predicted octanol–water partition coefficient (Wildman–Crippen LogP) is 3.34. The number of rotatable bonds is 8. The lowest BCUT2D eigenvalue weighted by atomic mass is 9.79. The number of carboxylic acid groups (broad SMARTS) is 1. The van der Waals surface area contributed by atoms with Gasteiger partial charge in [-0.15, -0.1) is 0 Å². The molecule has 0 aliphatic carbocycles. The number of carbonyl (C=O) groups excluding carboxylic acids is 1. The molecule has 1 atom stereocenters. The standard InChI is InChI=1S/C23H28N2O8/c1-5-9-31-22(28)19-15(3)24(13-23(4)32-10-11-33-23)14(2)18(21(26)27)20(19)16-7-6-8-17(12-16)25(29)30/h6-8,12,20H,5,9-11,13H2,1-4H3,(H,26,27). The van der Waals surface area contributed by atoms with Gasteiger partial charge in [-0.1, -0.05) is 19.1 Å². The van der Waals surface area contributed by atoms with E-state index in [1.165, 1.54) is 18.2 Å². The molecular weight excluding hydrogens is 432 g/mol. The number of ether oxygens (including phenoxy) is 3. The smallest absolute Gasteiger partial charge is 0.336 e. The minimum Gasteiger partial charge on any atom is -0.478 e. The molecular formula is C23H28N2O8. The summed E-state index contributed by atoms with van der Waals surface area (Å²) in [6, 6.07) is 5.66. The molecule has 2 aliphatic heterocycles. The zero-order chi connectivity index (χ0) is 24.3. The number of non-ortho nitro benzene ring substituents is 1. The Labute approximate surface area is 191 Å². The van der Waals surface area contributed by atoms with Crippen LogP contribution in [0.2, 0.25) is 0 Å². The van der Waals surface area contributed by atoms with Crippen LogP contribution >= 0.6 is 0 Å². The van der Waals surface area contributed by atoms with Crippen LogP contribution in [0, 0.1) is 10.1 Å². The van der Waals surface area contributed by atoms with Gasteiger partial charge in [-0.25, -0.2) is 9.59 Å². The molecule has 1 N–H and O–H groups in total. The van der Waals surface area contributed by atoms with Crippen LogP contribution in [0.1, 0.15) is 45.6 Å². The van der Waals surface area contributed by atoms with Gasteiger partial charge in [0.2, 0.25) is 0 Å². The number of esters is 1. The van der Waals surface area contributed by atoms with Crippen LogP contribution in [0.15, 0.2) is 46.8 Å². The lowest BCUT2D eigenvalue weighted by Crippen LogP contribution is -2.44. The molecule has 0 saturated carbocycles. The molecule has 0 bridgehead atoms. The minimum atomic E-state index is -1.24. The highest BCUT2D eigenvalue weighted by atomic mass is 16.7. The number of aliphatic carboxylic acids is 1. The largest absolute Gasteiger partial charge is 0.478 e. The molecule has 10 nitrogen and oxygen atoms in total. The number of hydrogen-bond donors (Lipinski definition) is 1. The highest BCUT2D eigenvalue weighted by molar-refractivity contribution is 5.99. The van der Waals surface area contributed by atoms with E-state index in [1.807, 2.05) is 6.92 Å². The second-order valence-electron chi connectivity index (χ2n) is 8.14. The van der Waals surface area contributed by atoms with Crippen LogP contribution < -0.4 is 0 Å². The Balaban J connectivity index is 2.20. The van der Waals surface area contributed by atoms with Crippen molar-refractivity contribution in [3.63, 3.8) is 0 Å². The van der Waals surface area contributed by atoms with Gasteiger partial charge in [0.1, 0.15) is 0 Å². The zero-order valence-corrected chi connectivity index (χ0v) is 19.1. The van der Waals surface area contributed by atoms with Gasteiger partial charge in [-0.05, 0) is 32.8 Å². The number of nitro groups is 1. The maximum absolute atomic E-state index is 13.2. The third-order valence-corrected chi connectivity index (χ3v) is 5.81. The molecule has 2 aliphatic rings. The summed E-state index contributed by atoms with van der Waals surface area (Å²) in [6.07, 6.45) is 0.587. The van der Waals surface area contributed by atoms with Gasteiger partial charge in [0.25, 0.3) is 5.69 Å². The number of carbonyl (C=O) groups is 2. The van der Waals surface area contributed by atoms with Crippen molar-refractivity contribution >= 4 is 17.6 Å². The van der Waals surface area contributed by atoms with Crippen LogP contribution in [0.4, 0.5) is 5.69 Å². The van der Waals surface area contributed by atoms with Crippen molar-refractivity contribution in [3.8, 4) is 0 Å². The Morgan fingerprint density at radius 2 is 1.88 bits per heavy atom. The lowest BCUT2D eigenvalue weighted by molar-refractivity contribution is -0.384. The van der Waals surface area contributed by atoms with Crippen LogP contribution in [-0.2, 0) is 23.8 Å². The molecule has 178 valence electrons. The van der Waals surface area contributed by atoms with Gasteiger partial charge < -0.3 is 24.2 Å². The van der Waals surface area contributed by atoms with Gasteiger partial charge in [0.15, 0.2) is 5.79 Å². The molecule has 1 saturated heterocycles.